The third-order valence-electron chi connectivity index (χ3n) is 2.04. The molecule has 3 heteroatoms. The number of Topliss-reactive ketones (excluding diaryl/α,β-unsaturated/α-hetero) is 1. The standard InChI is InChI=1S/C12H15ClO2/c1-2-15-12(13)9-8-11(14)10-6-4-3-5-7-10/h3-7,12H,2,8-9H2,1H3. The number of halogens is 1. The molecule has 1 aromatic rings. The second kappa shape index (κ2) is 6.59. The van der Waals surface area contributed by atoms with E-state index in [1.165, 1.54) is 0 Å². The summed E-state index contributed by atoms with van der Waals surface area (Å²) in [6.07, 6.45) is 0.987. The lowest BCUT2D eigenvalue weighted by Gasteiger charge is -2.08. The van der Waals surface area contributed by atoms with Crippen molar-refractivity contribution in [3.05, 3.63) is 35.9 Å². The zero-order valence-corrected chi connectivity index (χ0v) is 9.54. The zero-order valence-electron chi connectivity index (χ0n) is 8.78. The van der Waals surface area contributed by atoms with Crippen molar-refractivity contribution in [2.75, 3.05) is 6.61 Å². The van der Waals surface area contributed by atoms with Gasteiger partial charge in [0, 0.05) is 18.6 Å². The van der Waals surface area contributed by atoms with Crippen LogP contribution in [0, 0.1) is 0 Å². The highest BCUT2D eigenvalue weighted by Gasteiger charge is 2.09. The van der Waals surface area contributed by atoms with E-state index in [1.54, 1.807) is 0 Å². The van der Waals surface area contributed by atoms with Gasteiger partial charge in [-0.1, -0.05) is 41.9 Å². The van der Waals surface area contributed by atoms with Gasteiger partial charge in [-0.05, 0) is 13.3 Å². The normalized spacial score (nSPS) is 12.4. The molecule has 0 bridgehead atoms. The first-order valence-corrected chi connectivity index (χ1v) is 5.51. The van der Waals surface area contributed by atoms with Crippen LogP contribution in [0.25, 0.3) is 0 Å². The first-order valence-electron chi connectivity index (χ1n) is 5.08. The second-order valence-electron chi connectivity index (χ2n) is 3.19. The molecule has 0 saturated heterocycles. The van der Waals surface area contributed by atoms with Crippen molar-refractivity contribution in [3.8, 4) is 0 Å². The van der Waals surface area contributed by atoms with Crippen LogP contribution in [0.1, 0.15) is 30.1 Å². The van der Waals surface area contributed by atoms with Crippen LogP contribution in [0.3, 0.4) is 0 Å². The number of rotatable bonds is 6. The van der Waals surface area contributed by atoms with Gasteiger partial charge in [0.15, 0.2) is 5.78 Å². The quantitative estimate of drug-likeness (QED) is 0.550. The monoisotopic (exact) mass is 226 g/mol. The van der Waals surface area contributed by atoms with Crippen molar-refractivity contribution in [1.29, 1.82) is 0 Å². The summed E-state index contributed by atoms with van der Waals surface area (Å²) in [5.74, 6) is 0.112. The van der Waals surface area contributed by atoms with Crippen LogP contribution in [0.5, 0.6) is 0 Å². The molecule has 2 nitrogen and oxygen atoms in total. The fraction of sp³-hybridized carbons (Fsp3) is 0.417. The number of ether oxygens (including phenoxy) is 1. The van der Waals surface area contributed by atoms with Gasteiger partial charge >= 0.3 is 0 Å². The van der Waals surface area contributed by atoms with Crippen LogP contribution < -0.4 is 0 Å². The maximum absolute atomic E-state index is 11.6. The van der Waals surface area contributed by atoms with E-state index in [1.807, 2.05) is 37.3 Å². The predicted octanol–water partition coefficient (Wildman–Crippen LogP) is 3.25. The van der Waals surface area contributed by atoms with Gasteiger partial charge in [0.05, 0.1) is 0 Å². The van der Waals surface area contributed by atoms with Gasteiger partial charge < -0.3 is 4.74 Å². The average molecular weight is 227 g/mol. The van der Waals surface area contributed by atoms with E-state index >= 15 is 0 Å². The van der Waals surface area contributed by atoms with Crippen LogP contribution in [0.15, 0.2) is 30.3 Å². The Balaban J connectivity index is 2.37. The summed E-state index contributed by atoms with van der Waals surface area (Å²) in [6, 6.07) is 9.22. The molecule has 0 aromatic heterocycles. The molecular weight excluding hydrogens is 212 g/mol. The Morgan fingerprint density at radius 2 is 2.07 bits per heavy atom. The van der Waals surface area contributed by atoms with E-state index in [4.69, 9.17) is 16.3 Å². The van der Waals surface area contributed by atoms with Gasteiger partial charge in [-0.2, -0.15) is 0 Å². The topological polar surface area (TPSA) is 26.3 Å². The average Bonchev–Trinajstić information content (AvgIpc) is 2.27. The van der Waals surface area contributed by atoms with E-state index in [0.717, 1.165) is 5.56 Å². The van der Waals surface area contributed by atoms with Crippen LogP contribution >= 0.6 is 11.6 Å². The minimum Gasteiger partial charge on any atom is -0.363 e. The molecule has 0 spiro atoms. The summed E-state index contributed by atoms with van der Waals surface area (Å²) in [5.41, 5.74) is 0.375. The molecule has 1 unspecified atom stereocenters. The zero-order chi connectivity index (χ0) is 11.1. The number of hydrogen-bond donors (Lipinski definition) is 0. The molecule has 0 amide bonds. The Hall–Kier alpha value is -0.860. The van der Waals surface area contributed by atoms with Gasteiger partial charge in [0.1, 0.15) is 5.56 Å². The fourth-order valence-corrected chi connectivity index (χ4v) is 1.51. The summed E-state index contributed by atoms with van der Waals surface area (Å²) in [7, 11) is 0. The maximum atomic E-state index is 11.6. The van der Waals surface area contributed by atoms with Crippen molar-refractivity contribution in [3.63, 3.8) is 0 Å². The van der Waals surface area contributed by atoms with Crippen LogP contribution in [0.4, 0.5) is 0 Å². The first kappa shape index (κ1) is 12.2. The van der Waals surface area contributed by atoms with Crippen molar-refractivity contribution >= 4 is 17.4 Å². The maximum Gasteiger partial charge on any atom is 0.163 e. The molecular formula is C12H15ClO2. The second-order valence-corrected chi connectivity index (χ2v) is 3.68. The lowest BCUT2D eigenvalue weighted by molar-refractivity contribution is 0.0899. The van der Waals surface area contributed by atoms with Gasteiger partial charge in [0.2, 0.25) is 0 Å². The van der Waals surface area contributed by atoms with E-state index < -0.39 is 0 Å². The Bertz CT molecular complexity index is 298. The Labute approximate surface area is 95.2 Å². The molecule has 0 radical (unpaired) electrons. The Morgan fingerprint density at radius 1 is 1.40 bits per heavy atom. The fourth-order valence-electron chi connectivity index (χ4n) is 1.28. The molecule has 82 valence electrons. The molecule has 0 fully saturated rings. The minimum atomic E-state index is -0.359. The number of benzene rings is 1. The summed E-state index contributed by atoms with van der Waals surface area (Å²) in [4.78, 5) is 11.6. The molecule has 15 heavy (non-hydrogen) atoms. The molecule has 0 N–H and O–H groups in total. The Kier molecular flexibility index (Phi) is 5.37. The molecule has 0 heterocycles. The molecule has 0 saturated carbocycles. The summed E-state index contributed by atoms with van der Waals surface area (Å²) >= 11 is 5.84. The number of carbonyl (C=O) groups is 1. The third-order valence-corrected chi connectivity index (χ3v) is 2.39. The predicted molar refractivity (Wildman–Crippen MR) is 61.3 cm³/mol. The number of carbonyl (C=O) groups excluding carboxylic acids is 1. The SMILES string of the molecule is CCOC(Cl)CCC(=O)c1ccccc1. The molecule has 1 aromatic carbocycles. The smallest absolute Gasteiger partial charge is 0.163 e. The van der Waals surface area contributed by atoms with Crippen molar-refractivity contribution in [2.24, 2.45) is 0 Å². The Morgan fingerprint density at radius 3 is 2.67 bits per heavy atom. The summed E-state index contributed by atoms with van der Waals surface area (Å²) in [5, 5.41) is 0. The van der Waals surface area contributed by atoms with E-state index in [0.29, 0.717) is 19.4 Å². The van der Waals surface area contributed by atoms with Crippen molar-refractivity contribution < 1.29 is 9.53 Å². The first-order chi connectivity index (χ1) is 7.24. The lowest BCUT2D eigenvalue weighted by atomic mass is 10.1. The van der Waals surface area contributed by atoms with E-state index in [9.17, 15) is 4.79 Å². The van der Waals surface area contributed by atoms with Crippen LogP contribution in [-0.4, -0.2) is 18.0 Å². The molecule has 0 aliphatic carbocycles. The van der Waals surface area contributed by atoms with Crippen molar-refractivity contribution in [1.82, 2.24) is 0 Å². The van der Waals surface area contributed by atoms with E-state index in [2.05, 4.69) is 0 Å². The molecule has 1 atom stereocenters. The molecule has 0 aliphatic heterocycles. The summed E-state index contributed by atoms with van der Waals surface area (Å²) < 4.78 is 5.14. The highest BCUT2D eigenvalue weighted by atomic mass is 35.5. The highest BCUT2D eigenvalue weighted by Crippen LogP contribution is 2.11. The van der Waals surface area contributed by atoms with E-state index in [-0.39, 0.29) is 11.3 Å². The lowest BCUT2D eigenvalue weighted by Crippen LogP contribution is -2.08. The van der Waals surface area contributed by atoms with Gasteiger partial charge in [-0.25, -0.2) is 0 Å². The number of hydrogen-bond acceptors (Lipinski definition) is 2. The van der Waals surface area contributed by atoms with Crippen molar-refractivity contribution in [2.45, 2.75) is 25.3 Å². The summed E-state index contributed by atoms with van der Waals surface area (Å²) in [6.45, 7) is 2.46. The molecule has 0 aliphatic rings. The number of ketones is 1. The number of alkyl halides is 1. The largest absolute Gasteiger partial charge is 0.363 e. The van der Waals surface area contributed by atoms with Gasteiger partial charge in [-0.3, -0.25) is 4.79 Å². The van der Waals surface area contributed by atoms with Gasteiger partial charge in [-0.15, -0.1) is 0 Å². The minimum absolute atomic E-state index is 0.112. The molecule has 1 rings (SSSR count). The highest BCUT2D eigenvalue weighted by molar-refractivity contribution is 6.19. The van der Waals surface area contributed by atoms with Crippen LogP contribution in [0.2, 0.25) is 0 Å². The third kappa shape index (κ3) is 4.45. The van der Waals surface area contributed by atoms with Crippen LogP contribution in [-0.2, 0) is 4.74 Å². The van der Waals surface area contributed by atoms with Gasteiger partial charge in [0.25, 0.3) is 0 Å².